The summed E-state index contributed by atoms with van der Waals surface area (Å²) in [6.07, 6.45) is -0.0218. The first kappa shape index (κ1) is 25.0. The van der Waals surface area contributed by atoms with Crippen molar-refractivity contribution in [1.82, 2.24) is 5.32 Å². The number of ether oxygens (including phenoxy) is 2. The number of amides is 1. The molecule has 34 heavy (non-hydrogen) atoms. The highest BCUT2D eigenvalue weighted by Crippen LogP contribution is 2.29. The van der Waals surface area contributed by atoms with E-state index in [-0.39, 0.29) is 17.5 Å². The van der Waals surface area contributed by atoms with E-state index in [1.54, 1.807) is 48.5 Å². The molecule has 0 aliphatic carbocycles. The van der Waals surface area contributed by atoms with Gasteiger partial charge in [0.1, 0.15) is 12.4 Å². The van der Waals surface area contributed by atoms with E-state index in [4.69, 9.17) is 9.47 Å². The van der Waals surface area contributed by atoms with Crippen molar-refractivity contribution in [3.8, 4) is 11.5 Å². The van der Waals surface area contributed by atoms with E-state index >= 15 is 0 Å². The standard InChI is InChI=1S/C25H27FN2O5S/c1-18(2)33-23-14-9-19(15-24(23)32-3)16-27-25(29)17-28(21-7-5-4-6-8-21)34(30,31)22-12-10-20(26)11-13-22/h4-15,18H,16-17H2,1-3H3,(H,27,29). The van der Waals surface area contributed by atoms with Crippen LogP contribution in [0.25, 0.3) is 0 Å². The molecule has 0 saturated carbocycles. The highest BCUT2D eigenvalue weighted by atomic mass is 32.2. The van der Waals surface area contributed by atoms with Crippen molar-refractivity contribution in [3.05, 3.63) is 84.2 Å². The van der Waals surface area contributed by atoms with Gasteiger partial charge in [-0.25, -0.2) is 12.8 Å². The van der Waals surface area contributed by atoms with Crippen LogP contribution >= 0.6 is 0 Å². The largest absolute Gasteiger partial charge is 0.493 e. The number of nitrogens with zero attached hydrogens (tertiary/aromatic N) is 1. The number of halogens is 1. The van der Waals surface area contributed by atoms with Gasteiger partial charge in [0.25, 0.3) is 10.0 Å². The Morgan fingerprint density at radius 3 is 2.29 bits per heavy atom. The van der Waals surface area contributed by atoms with Crippen molar-refractivity contribution in [3.63, 3.8) is 0 Å². The number of nitrogens with one attached hydrogen (secondary N) is 1. The molecule has 0 atom stereocenters. The first-order valence-electron chi connectivity index (χ1n) is 10.6. The van der Waals surface area contributed by atoms with E-state index in [1.807, 2.05) is 13.8 Å². The highest BCUT2D eigenvalue weighted by molar-refractivity contribution is 7.92. The first-order valence-corrected chi connectivity index (χ1v) is 12.1. The van der Waals surface area contributed by atoms with Gasteiger partial charge in [-0.15, -0.1) is 0 Å². The number of rotatable bonds is 10. The first-order chi connectivity index (χ1) is 16.2. The average Bonchev–Trinajstić information content (AvgIpc) is 2.82. The number of benzene rings is 3. The number of carbonyl (C=O) groups is 1. The van der Waals surface area contributed by atoms with Crippen molar-refractivity contribution in [2.24, 2.45) is 0 Å². The highest BCUT2D eigenvalue weighted by Gasteiger charge is 2.27. The van der Waals surface area contributed by atoms with Crippen LogP contribution in [0.1, 0.15) is 19.4 Å². The van der Waals surface area contributed by atoms with E-state index in [9.17, 15) is 17.6 Å². The van der Waals surface area contributed by atoms with E-state index in [2.05, 4.69) is 5.32 Å². The molecular formula is C25H27FN2O5S. The van der Waals surface area contributed by atoms with Crippen LogP contribution in [0.15, 0.2) is 77.7 Å². The average molecular weight is 487 g/mol. The molecule has 180 valence electrons. The Labute approximate surface area is 199 Å². The van der Waals surface area contributed by atoms with Crippen molar-refractivity contribution in [2.75, 3.05) is 18.0 Å². The Morgan fingerprint density at radius 1 is 1.00 bits per heavy atom. The second-order valence-electron chi connectivity index (χ2n) is 7.73. The van der Waals surface area contributed by atoms with Crippen LogP contribution in [0.2, 0.25) is 0 Å². The second-order valence-corrected chi connectivity index (χ2v) is 9.59. The van der Waals surface area contributed by atoms with Gasteiger partial charge in [0.05, 0.1) is 23.8 Å². The van der Waals surface area contributed by atoms with Gasteiger partial charge in [-0.2, -0.15) is 0 Å². The predicted molar refractivity (Wildman–Crippen MR) is 128 cm³/mol. The Kier molecular flexibility index (Phi) is 8.12. The molecule has 1 amide bonds. The summed E-state index contributed by atoms with van der Waals surface area (Å²) in [5.74, 6) is 0.0673. The van der Waals surface area contributed by atoms with E-state index in [0.29, 0.717) is 17.2 Å². The molecule has 0 bridgehead atoms. The molecule has 0 heterocycles. The van der Waals surface area contributed by atoms with Gasteiger partial charge in [-0.3, -0.25) is 9.10 Å². The fourth-order valence-corrected chi connectivity index (χ4v) is 4.62. The van der Waals surface area contributed by atoms with Gasteiger partial charge in [0, 0.05) is 6.54 Å². The third kappa shape index (κ3) is 6.26. The molecule has 9 heteroatoms. The van der Waals surface area contributed by atoms with Crippen molar-refractivity contribution >= 4 is 21.6 Å². The Balaban J connectivity index is 1.77. The van der Waals surface area contributed by atoms with E-state index in [1.165, 1.54) is 19.2 Å². The Bertz CT molecular complexity index is 1220. The zero-order valence-electron chi connectivity index (χ0n) is 19.2. The van der Waals surface area contributed by atoms with Crippen LogP contribution in [-0.4, -0.2) is 34.1 Å². The van der Waals surface area contributed by atoms with E-state index in [0.717, 1.165) is 22.0 Å². The zero-order chi connectivity index (χ0) is 24.7. The summed E-state index contributed by atoms with van der Waals surface area (Å²) in [5, 5.41) is 2.74. The maximum atomic E-state index is 13.3. The van der Waals surface area contributed by atoms with Crippen molar-refractivity contribution in [1.29, 1.82) is 0 Å². The maximum Gasteiger partial charge on any atom is 0.264 e. The maximum absolute atomic E-state index is 13.3. The molecule has 1 N–H and O–H groups in total. The molecule has 0 aliphatic rings. The molecule has 0 fully saturated rings. The molecule has 0 radical (unpaired) electrons. The summed E-state index contributed by atoms with van der Waals surface area (Å²) in [6.45, 7) is 3.53. The molecule has 3 aromatic carbocycles. The monoisotopic (exact) mass is 486 g/mol. The Morgan fingerprint density at radius 2 is 1.68 bits per heavy atom. The normalized spacial score (nSPS) is 11.2. The molecule has 0 saturated heterocycles. The van der Waals surface area contributed by atoms with Gasteiger partial charge in [0.2, 0.25) is 5.91 Å². The molecular weight excluding hydrogens is 459 g/mol. The quantitative estimate of drug-likeness (QED) is 0.466. The van der Waals surface area contributed by atoms with Gasteiger partial charge in [-0.05, 0) is 67.9 Å². The molecule has 0 aliphatic heterocycles. The summed E-state index contributed by atoms with van der Waals surface area (Å²) < 4.78 is 51.9. The Hall–Kier alpha value is -3.59. The number of para-hydroxylation sites is 1. The van der Waals surface area contributed by atoms with Crippen LogP contribution in [0.3, 0.4) is 0 Å². The lowest BCUT2D eigenvalue weighted by Gasteiger charge is -2.24. The lowest BCUT2D eigenvalue weighted by Crippen LogP contribution is -2.40. The minimum atomic E-state index is -4.11. The molecule has 0 aromatic heterocycles. The number of sulfonamides is 1. The van der Waals surface area contributed by atoms with E-state index < -0.39 is 28.3 Å². The summed E-state index contributed by atoms with van der Waals surface area (Å²) in [4.78, 5) is 12.7. The number of hydrogen-bond donors (Lipinski definition) is 1. The second kappa shape index (κ2) is 11.0. The lowest BCUT2D eigenvalue weighted by molar-refractivity contribution is -0.119. The third-order valence-electron chi connectivity index (χ3n) is 4.81. The van der Waals surface area contributed by atoms with Gasteiger partial charge in [-0.1, -0.05) is 24.3 Å². The molecule has 7 nitrogen and oxygen atoms in total. The fraction of sp³-hybridized carbons (Fsp3) is 0.240. The van der Waals surface area contributed by atoms with Crippen molar-refractivity contribution < 1.29 is 27.1 Å². The van der Waals surface area contributed by atoms with Crippen LogP contribution in [0, 0.1) is 5.82 Å². The molecule has 0 unspecified atom stereocenters. The molecule has 3 aromatic rings. The van der Waals surface area contributed by atoms with Crippen LogP contribution in [-0.2, 0) is 21.4 Å². The summed E-state index contributed by atoms with van der Waals surface area (Å²) in [5.41, 5.74) is 1.08. The predicted octanol–water partition coefficient (Wildman–Crippen LogP) is 4.13. The number of anilines is 1. The minimum Gasteiger partial charge on any atom is -0.493 e. The minimum absolute atomic E-state index is 0.0218. The van der Waals surface area contributed by atoms with Crippen LogP contribution in [0.4, 0.5) is 10.1 Å². The molecule has 0 spiro atoms. The van der Waals surface area contributed by atoms with Gasteiger partial charge < -0.3 is 14.8 Å². The van der Waals surface area contributed by atoms with Gasteiger partial charge in [0.15, 0.2) is 11.5 Å². The summed E-state index contributed by atoms with van der Waals surface area (Å²) >= 11 is 0. The topological polar surface area (TPSA) is 84.9 Å². The third-order valence-corrected chi connectivity index (χ3v) is 6.60. The SMILES string of the molecule is COc1cc(CNC(=O)CN(c2ccccc2)S(=O)(=O)c2ccc(F)cc2)ccc1OC(C)C. The number of hydrogen-bond acceptors (Lipinski definition) is 5. The number of carbonyl (C=O) groups excluding carboxylic acids is 1. The van der Waals surface area contributed by atoms with Crippen LogP contribution < -0.4 is 19.1 Å². The summed E-state index contributed by atoms with van der Waals surface area (Å²) in [7, 11) is -2.58. The lowest BCUT2D eigenvalue weighted by atomic mass is 10.2. The van der Waals surface area contributed by atoms with Crippen molar-refractivity contribution in [2.45, 2.75) is 31.4 Å². The smallest absolute Gasteiger partial charge is 0.264 e. The van der Waals surface area contributed by atoms with Crippen LogP contribution in [0.5, 0.6) is 11.5 Å². The number of methoxy groups -OCH3 is 1. The fourth-order valence-electron chi connectivity index (χ4n) is 3.20. The zero-order valence-corrected chi connectivity index (χ0v) is 20.0. The van der Waals surface area contributed by atoms with Gasteiger partial charge >= 0.3 is 0 Å². The molecule has 3 rings (SSSR count). The summed E-state index contributed by atoms with van der Waals surface area (Å²) in [6, 6.07) is 18.1.